The second-order valence-electron chi connectivity index (χ2n) is 10.4. The van der Waals surface area contributed by atoms with Crippen molar-refractivity contribution in [2.45, 2.75) is 96.9 Å². The second kappa shape index (κ2) is 10.9. The summed E-state index contributed by atoms with van der Waals surface area (Å²) >= 11 is 0. The monoisotopic (exact) mass is 480 g/mol. The Labute approximate surface area is 209 Å². The van der Waals surface area contributed by atoms with Crippen LogP contribution in [0.2, 0.25) is 0 Å². The molecule has 2 aromatic rings. The number of aryl methyl sites for hydroxylation is 1. The molecule has 35 heavy (non-hydrogen) atoms. The van der Waals surface area contributed by atoms with E-state index >= 15 is 0 Å². The third-order valence-corrected chi connectivity index (χ3v) is 7.36. The molecular formula is C28H40N4O3. The number of benzene rings is 1. The first-order valence-electron chi connectivity index (χ1n) is 13.2. The molecule has 190 valence electrons. The van der Waals surface area contributed by atoms with Gasteiger partial charge in [-0.15, -0.1) is 0 Å². The normalized spacial score (nSPS) is 20.8. The van der Waals surface area contributed by atoms with Crippen LogP contribution in [-0.2, 0) is 22.5 Å². The molecule has 1 fully saturated rings. The number of carbonyl (C=O) groups is 2. The number of fused-ring (bicyclic) bond motifs is 1. The molecule has 2 aliphatic rings. The van der Waals surface area contributed by atoms with E-state index in [9.17, 15) is 9.59 Å². The number of ether oxygens (including phenoxy) is 1. The van der Waals surface area contributed by atoms with Gasteiger partial charge in [0.1, 0.15) is 11.2 Å². The van der Waals surface area contributed by atoms with Crippen LogP contribution >= 0.6 is 0 Å². The highest BCUT2D eigenvalue weighted by atomic mass is 16.5. The molecule has 4 rings (SSSR count). The summed E-state index contributed by atoms with van der Waals surface area (Å²) in [5.74, 6) is -0.233. The molecule has 0 bridgehead atoms. The highest BCUT2D eigenvalue weighted by Crippen LogP contribution is 2.31. The first-order chi connectivity index (χ1) is 16.8. The van der Waals surface area contributed by atoms with Crippen molar-refractivity contribution in [3.05, 3.63) is 41.6 Å². The van der Waals surface area contributed by atoms with Gasteiger partial charge in [-0.05, 0) is 58.1 Å². The number of amides is 2. The lowest BCUT2D eigenvalue weighted by Crippen LogP contribution is -2.65. The van der Waals surface area contributed by atoms with Crippen molar-refractivity contribution in [1.29, 1.82) is 0 Å². The fraction of sp³-hybridized carbons (Fsp3) is 0.607. The van der Waals surface area contributed by atoms with Crippen molar-refractivity contribution >= 4 is 11.8 Å². The average Bonchev–Trinajstić information content (AvgIpc) is 3.28. The number of nitrogens with one attached hydrogen (secondary N) is 1. The minimum absolute atomic E-state index is 0.0856. The number of rotatable bonds is 9. The molecule has 1 N–H and O–H groups in total. The van der Waals surface area contributed by atoms with E-state index in [1.165, 1.54) is 12.0 Å². The fourth-order valence-electron chi connectivity index (χ4n) is 5.17. The maximum Gasteiger partial charge on any atom is 0.273 e. The summed E-state index contributed by atoms with van der Waals surface area (Å²) in [5.41, 5.74) is 2.52. The van der Waals surface area contributed by atoms with Crippen molar-refractivity contribution in [3.63, 3.8) is 0 Å². The molecule has 0 unspecified atom stereocenters. The van der Waals surface area contributed by atoms with E-state index in [-0.39, 0.29) is 24.0 Å². The molecule has 1 aliphatic carbocycles. The summed E-state index contributed by atoms with van der Waals surface area (Å²) in [4.78, 5) is 29.2. The predicted molar refractivity (Wildman–Crippen MR) is 137 cm³/mol. The molecule has 1 atom stereocenters. The number of nitrogens with zero attached hydrogens (tertiary/aromatic N) is 3. The molecule has 2 heterocycles. The van der Waals surface area contributed by atoms with Crippen LogP contribution in [0.25, 0.3) is 11.3 Å². The second-order valence-corrected chi connectivity index (χ2v) is 10.4. The van der Waals surface area contributed by atoms with E-state index in [1.54, 1.807) is 9.58 Å². The summed E-state index contributed by atoms with van der Waals surface area (Å²) in [5, 5.41) is 8.04. The fourth-order valence-corrected chi connectivity index (χ4v) is 5.17. The lowest BCUT2D eigenvalue weighted by molar-refractivity contribution is -0.134. The maximum absolute atomic E-state index is 13.7. The Morgan fingerprint density at radius 2 is 1.91 bits per heavy atom. The zero-order valence-electron chi connectivity index (χ0n) is 21.7. The minimum atomic E-state index is -1.01. The topological polar surface area (TPSA) is 76.5 Å². The summed E-state index contributed by atoms with van der Waals surface area (Å²) in [7, 11) is 0. The Kier molecular flexibility index (Phi) is 7.95. The van der Waals surface area contributed by atoms with Crippen molar-refractivity contribution in [2.75, 3.05) is 13.2 Å². The summed E-state index contributed by atoms with van der Waals surface area (Å²) < 4.78 is 7.44. The van der Waals surface area contributed by atoms with Gasteiger partial charge in [0.15, 0.2) is 0 Å². The quantitative estimate of drug-likeness (QED) is 0.533. The third kappa shape index (κ3) is 5.61. The van der Waals surface area contributed by atoms with E-state index in [0.29, 0.717) is 31.8 Å². The third-order valence-electron chi connectivity index (χ3n) is 7.36. The van der Waals surface area contributed by atoms with Gasteiger partial charge in [0.25, 0.3) is 5.91 Å². The summed E-state index contributed by atoms with van der Waals surface area (Å²) in [6, 6.07) is 10.3. The van der Waals surface area contributed by atoms with Crippen LogP contribution in [-0.4, -0.2) is 57.3 Å². The molecule has 1 aliphatic heterocycles. The van der Waals surface area contributed by atoms with E-state index in [1.807, 2.05) is 39.0 Å². The number of aromatic nitrogens is 2. The van der Waals surface area contributed by atoms with Gasteiger partial charge >= 0.3 is 0 Å². The first-order valence-corrected chi connectivity index (χ1v) is 13.2. The van der Waals surface area contributed by atoms with Gasteiger partial charge in [-0.1, -0.05) is 50.5 Å². The highest BCUT2D eigenvalue weighted by molar-refractivity contribution is 6.00. The van der Waals surface area contributed by atoms with Gasteiger partial charge in [-0.2, -0.15) is 5.10 Å². The van der Waals surface area contributed by atoms with Gasteiger partial charge in [0.05, 0.1) is 18.3 Å². The lowest BCUT2D eigenvalue weighted by Gasteiger charge is -2.44. The van der Waals surface area contributed by atoms with Gasteiger partial charge in [-0.25, -0.2) is 0 Å². The van der Waals surface area contributed by atoms with E-state index < -0.39 is 5.54 Å². The Morgan fingerprint density at radius 3 is 2.57 bits per heavy atom. The Morgan fingerprint density at radius 1 is 1.20 bits per heavy atom. The van der Waals surface area contributed by atoms with E-state index in [0.717, 1.165) is 43.4 Å². The van der Waals surface area contributed by atoms with Gasteiger partial charge < -0.3 is 15.0 Å². The molecule has 0 spiro atoms. The van der Waals surface area contributed by atoms with Gasteiger partial charge in [0, 0.05) is 24.8 Å². The van der Waals surface area contributed by atoms with E-state index in [4.69, 9.17) is 9.84 Å². The Bertz CT molecular complexity index is 1020. The molecule has 0 saturated heterocycles. The molecular weight excluding hydrogens is 440 g/mol. The highest BCUT2D eigenvalue weighted by Gasteiger charge is 2.48. The molecule has 7 nitrogen and oxygen atoms in total. The zero-order chi connectivity index (χ0) is 25.0. The van der Waals surface area contributed by atoms with Gasteiger partial charge in [-0.3, -0.25) is 14.3 Å². The Balaban J connectivity index is 1.60. The summed E-state index contributed by atoms with van der Waals surface area (Å²) in [6.07, 6.45) is 7.30. The number of carbonyl (C=O) groups excluding carboxylic acids is 2. The average molecular weight is 481 g/mol. The molecule has 7 heteroatoms. The molecule has 0 radical (unpaired) electrons. The van der Waals surface area contributed by atoms with Crippen molar-refractivity contribution in [2.24, 2.45) is 0 Å². The predicted octanol–water partition coefficient (Wildman–Crippen LogP) is 4.59. The van der Waals surface area contributed by atoms with Gasteiger partial charge in [0.2, 0.25) is 5.91 Å². The van der Waals surface area contributed by atoms with Crippen LogP contribution in [0.1, 0.15) is 82.3 Å². The van der Waals surface area contributed by atoms with Crippen LogP contribution in [0.15, 0.2) is 30.3 Å². The summed E-state index contributed by atoms with van der Waals surface area (Å²) in [6.45, 7) is 9.37. The van der Waals surface area contributed by atoms with E-state index in [2.05, 4.69) is 24.4 Å². The Hall–Kier alpha value is -2.67. The van der Waals surface area contributed by atoms with Crippen molar-refractivity contribution in [3.8, 4) is 11.3 Å². The van der Waals surface area contributed by atoms with Crippen LogP contribution in [0.5, 0.6) is 0 Å². The smallest absolute Gasteiger partial charge is 0.273 e. The lowest BCUT2D eigenvalue weighted by atomic mass is 9.91. The SMILES string of the molecule is CCc1ccc(-c2cc3n(n2)C[C@@](C)(C(=O)NC2CCCCC2)N(CCCOC(C)C)C3=O)cc1. The van der Waals surface area contributed by atoms with Crippen molar-refractivity contribution < 1.29 is 14.3 Å². The molecule has 1 aromatic carbocycles. The molecule has 1 saturated carbocycles. The largest absolute Gasteiger partial charge is 0.379 e. The molecule has 1 aromatic heterocycles. The minimum Gasteiger partial charge on any atom is -0.379 e. The maximum atomic E-state index is 13.7. The standard InChI is InChI=1S/C28H40N4O3/c1-5-21-12-14-22(15-13-21)24-18-25-26(33)31(16-9-17-35-20(2)3)28(4,19-32(25)30-24)27(34)29-23-10-7-6-8-11-23/h12-15,18,20,23H,5-11,16-17,19H2,1-4H3,(H,29,34)/t28-/m0/s1. The number of hydrogen-bond donors (Lipinski definition) is 1. The van der Waals surface area contributed by atoms with Crippen LogP contribution in [0.3, 0.4) is 0 Å². The van der Waals surface area contributed by atoms with Crippen molar-refractivity contribution in [1.82, 2.24) is 20.0 Å². The number of hydrogen-bond acceptors (Lipinski definition) is 4. The van der Waals surface area contributed by atoms with Crippen LogP contribution in [0, 0.1) is 0 Å². The first kappa shape index (κ1) is 25.4. The zero-order valence-corrected chi connectivity index (χ0v) is 21.7. The van der Waals surface area contributed by atoms with Crippen LogP contribution in [0.4, 0.5) is 0 Å². The molecule has 2 amide bonds. The van der Waals surface area contributed by atoms with Crippen LogP contribution < -0.4 is 5.32 Å².